The van der Waals surface area contributed by atoms with Crippen molar-refractivity contribution in [2.24, 2.45) is 0 Å². The van der Waals surface area contributed by atoms with Gasteiger partial charge < -0.3 is 5.11 Å². The summed E-state index contributed by atoms with van der Waals surface area (Å²) < 4.78 is 0. The molecule has 1 aromatic carbocycles. The number of carbonyl (C=O) groups excluding carboxylic acids is 1. The van der Waals surface area contributed by atoms with Crippen molar-refractivity contribution in [3.8, 4) is 0 Å². The minimum atomic E-state index is -1.13. The fraction of sp³-hybridized carbons (Fsp3) is 0.111. The first-order chi connectivity index (χ1) is 6.13. The van der Waals surface area contributed by atoms with Crippen LogP contribution in [0, 0.1) is 6.92 Å². The van der Waals surface area contributed by atoms with Crippen LogP contribution in [0.3, 0.4) is 0 Å². The Kier molecular flexibility index (Phi) is 2.64. The molecule has 0 bridgehead atoms. The van der Waals surface area contributed by atoms with Gasteiger partial charge in [-0.2, -0.15) is 0 Å². The van der Waals surface area contributed by atoms with Crippen molar-refractivity contribution >= 4 is 18.1 Å². The number of amides is 1. The van der Waals surface area contributed by atoms with Crippen LogP contribution in [0.4, 0.5) is 10.5 Å². The monoisotopic (exact) mass is 179 g/mol. The maximum Gasteiger partial charge on any atom is 0.409 e. The Hall–Kier alpha value is -1.84. The standard InChI is InChI=1S/C9H9NO3/c1-6-2-3-7(5-11)4-8(6)10-9(12)13/h2-5,10H,1H3,(H,12,13). The highest BCUT2D eigenvalue weighted by molar-refractivity contribution is 5.86. The molecule has 0 atom stereocenters. The van der Waals surface area contributed by atoms with Crippen molar-refractivity contribution < 1.29 is 14.7 Å². The van der Waals surface area contributed by atoms with Crippen LogP contribution in [0.1, 0.15) is 15.9 Å². The SMILES string of the molecule is Cc1ccc(C=O)cc1NC(=O)O. The van der Waals surface area contributed by atoms with E-state index < -0.39 is 6.09 Å². The summed E-state index contributed by atoms with van der Waals surface area (Å²) in [4.78, 5) is 20.7. The Morgan fingerprint density at radius 2 is 2.23 bits per heavy atom. The lowest BCUT2D eigenvalue weighted by molar-refractivity contribution is 0.112. The summed E-state index contributed by atoms with van der Waals surface area (Å²) in [6.07, 6.45) is -0.460. The van der Waals surface area contributed by atoms with Crippen LogP contribution in [0.2, 0.25) is 0 Å². The van der Waals surface area contributed by atoms with Crippen LogP contribution in [-0.4, -0.2) is 17.5 Å². The van der Waals surface area contributed by atoms with Crippen molar-refractivity contribution in [1.82, 2.24) is 0 Å². The van der Waals surface area contributed by atoms with Gasteiger partial charge in [0.15, 0.2) is 0 Å². The highest BCUT2D eigenvalue weighted by atomic mass is 16.4. The number of benzene rings is 1. The summed E-state index contributed by atoms with van der Waals surface area (Å²) in [5, 5.41) is 10.7. The number of aryl methyl sites for hydroxylation is 1. The summed E-state index contributed by atoms with van der Waals surface area (Å²) in [5.41, 5.74) is 1.68. The molecule has 0 unspecified atom stereocenters. The van der Waals surface area contributed by atoms with E-state index in [9.17, 15) is 9.59 Å². The molecular weight excluding hydrogens is 170 g/mol. The second kappa shape index (κ2) is 3.71. The topological polar surface area (TPSA) is 66.4 Å². The molecule has 0 aliphatic carbocycles. The van der Waals surface area contributed by atoms with Crippen molar-refractivity contribution in [3.63, 3.8) is 0 Å². The number of carboxylic acid groups (broad SMARTS) is 1. The van der Waals surface area contributed by atoms with Crippen LogP contribution in [0.15, 0.2) is 18.2 Å². The third-order valence-corrected chi connectivity index (χ3v) is 1.64. The van der Waals surface area contributed by atoms with Gasteiger partial charge in [-0.05, 0) is 18.6 Å². The highest BCUT2D eigenvalue weighted by Crippen LogP contribution is 2.15. The first kappa shape index (κ1) is 9.25. The van der Waals surface area contributed by atoms with Gasteiger partial charge in [0, 0.05) is 11.3 Å². The molecule has 4 heteroatoms. The molecule has 0 heterocycles. The number of rotatable bonds is 2. The molecule has 13 heavy (non-hydrogen) atoms. The zero-order valence-corrected chi connectivity index (χ0v) is 7.07. The second-order valence-corrected chi connectivity index (χ2v) is 2.62. The first-order valence-corrected chi connectivity index (χ1v) is 3.69. The molecule has 1 rings (SSSR count). The van der Waals surface area contributed by atoms with E-state index in [-0.39, 0.29) is 0 Å². The molecule has 0 radical (unpaired) electrons. The lowest BCUT2D eigenvalue weighted by Gasteiger charge is -2.04. The maximum absolute atomic E-state index is 10.4. The van der Waals surface area contributed by atoms with E-state index in [0.717, 1.165) is 5.56 Å². The second-order valence-electron chi connectivity index (χ2n) is 2.62. The Balaban J connectivity index is 3.03. The Bertz CT molecular complexity index is 347. The normalized spacial score (nSPS) is 9.31. The maximum atomic E-state index is 10.4. The molecule has 0 saturated carbocycles. The lowest BCUT2D eigenvalue weighted by Crippen LogP contribution is -2.08. The molecule has 1 aromatic rings. The lowest BCUT2D eigenvalue weighted by atomic mass is 10.1. The number of carbonyl (C=O) groups is 2. The number of nitrogens with one attached hydrogen (secondary N) is 1. The van der Waals surface area contributed by atoms with Crippen LogP contribution < -0.4 is 5.32 Å². The van der Waals surface area contributed by atoms with Gasteiger partial charge in [-0.3, -0.25) is 10.1 Å². The van der Waals surface area contributed by atoms with Gasteiger partial charge >= 0.3 is 6.09 Å². The zero-order chi connectivity index (χ0) is 9.84. The van der Waals surface area contributed by atoms with Crippen molar-refractivity contribution in [1.29, 1.82) is 0 Å². The summed E-state index contributed by atoms with van der Waals surface area (Å²) in [5.74, 6) is 0. The molecule has 0 aliphatic heterocycles. The highest BCUT2D eigenvalue weighted by Gasteiger charge is 2.02. The number of hydrogen-bond acceptors (Lipinski definition) is 2. The minimum absolute atomic E-state index is 0.442. The zero-order valence-electron chi connectivity index (χ0n) is 7.07. The largest absolute Gasteiger partial charge is 0.465 e. The van der Waals surface area contributed by atoms with E-state index in [1.54, 1.807) is 19.1 Å². The van der Waals surface area contributed by atoms with Crippen LogP contribution >= 0.6 is 0 Å². The Labute approximate surface area is 75.2 Å². The van der Waals surface area contributed by atoms with Gasteiger partial charge in [-0.1, -0.05) is 12.1 Å². The van der Waals surface area contributed by atoms with E-state index in [1.807, 2.05) is 0 Å². The van der Waals surface area contributed by atoms with Gasteiger partial charge in [-0.15, -0.1) is 0 Å². The molecule has 68 valence electrons. The van der Waals surface area contributed by atoms with Gasteiger partial charge in [0.1, 0.15) is 6.29 Å². The predicted molar refractivity (Wildman–Crippen MR) is 48.2 cm³/mol. The summed E-state index contributed by atoms with van der Waals surface area (Å²) in [6.45, 7) is 1.76. The van der Waals surface area contributed by atoms with E-state index in [0.29, 0.717) is 17.5 Å². The molecule has 0 spiro atoms. The summed E-state index contributed by atoms with van der Waals surface area (Å²) >= 11 is 0. The number of hydrogen-bond donors (Lipinski definition) is 2. The quantitative estimate of drug-likeness (QED) is 0.681. The average Bonchev–Trinajstić information content (AvgIpc) is 2.08. The van der Waals surface area contributed by atoms with Gasteiger partial charge in [0.05, 0.1) is 0 Å². The Morgan fingerprint density at radius 1 is 1.54 bits per heavy atom. The van der Waals surface area contributed by atoms with Gasteiger partial charge in [0.25, 0.3) is 0 Å². The van der Waals surface area contributed by atoms with E-state index in [1.165, 1.54) is 6.07 Å². The minimum Gasteiger partial charge on any atom is -0.465 e. The van der Waals surface area contributed by atoms with Crippen LogP contribution in [0.5, 0.6) is 0 Å². The van der Waals surface area contributed by atoms with Crippen molar-refractivity contribution in [2.45, 2.75) is 6.92 Å². The average molecular weight is 179 g/mol. The molecule has 1 amide bonds. The molecule has 0 fully saturated rings. The summed E-state index contributed by atoms with van der Waals surface area (Å²) in [7, 11) is 0. The van der Waals surface area contributed by atoms with Gasteiger partial charge in [0.2, 0.25) is 0 Å². The molecule has 0 aromatic heterocycles. The number of aldehydes is 1. The summed E-state index contributed by atoms with van der Waals surface area (Å²) in [6, 6.07) is 4.82. The molecule has 2 N–H and O–H groups in total. The third-order valence-electron chi connectivity index (χ3n) is 1.64. The fourth-order valence-electron chi connectivity index (χ4n) is 0.963. The molecular formula is C9H9NO3. The first-order valence-electron chi connectivity index (χ1n) is 3.69. The van der Waals surface area contributed by atoms with E-state index in [4.69, 9.17) is 5.11 Å². The van der Waals surface area contributed by atoms with Crippen LogP contribution in [-0.2, 0) is 0 Å². The van der Waals surface area contributed by atoms with Crippen LogP contribution in [0.25, 0.3) is 0 Å². The smallest absolute Gasteiger partial charge is 0.409 e. The molecule has 4 nitrogen and oxygen atoms in total. The van der Waals surface area contributed by atoms with Gasteiger partial charge in [-0.25, -0.2) is 4.79 Å². The molecule has 0 saturated heterocycles. The third kappa shape index (κ3) is 2.30. The predicted octanol–water partition coefficient (Wildman–Crippen LogP) is 1.90. The van der Waals surface area contributed by atoms with E-state index in [2.05, 4.69) is 5.32 Å². The fourth-order valence-corrected chi connectivity index (χ4v) is 0.963. The molecule has 0 aliphatic rings. The van der Waals surface area contributed by atoms with Crippen molar-refractivity contribution in [2.75, 3.05) is 5.32 Å². The number of anilines is 1. The van der Waals surface area contributed by atoms with Crippen molar-refractivity contribution in [3.05, 3.63) is 29.3 Å². The van der Waals surface area contributed by atoms with E-state index >= 15 is 0 Å². The Morgan fingerprint density at radius 3 is 2.77 bits per heavy atom.